The third-order valence-corrected chi connectivity index (χ3v) is 2.96. The SMILES string of the molecule is O=C(c1ccc(F)cc1)c1ccc2cc(F)ccn12. The number of aromatic nitrogens is 1. The van der Waals surface area contributed by atoms with E-state index in [9.17, 15) is 13.6 Å². The van der Waals surface area contributed by atoms with Crippen LogP contribution in [0.1, 0.15) is 16.1 Å². The zero-order valence-electron chi connectivity index (χ0n) is 9.81. The minimum Gasteiger partial charge on any atom is -0.313 e. The van der Waals surface area contributed by atoms with Crippen LogP contribution in [0, 0.1) is 11.6 Å². The minimum atomic E-state index is -0.390. The van der Waals surface area contributed by atoms with Crippen LogP contribution in [-0.4, -0.2) is 10.2 Å². The number of halogens is 2. The van der Waals surface area contributed by atoms with E-state index >= 15 is 0 Å². The van der Waals surface area contributed by atoms with E-state index in [-0.39, 0.29) is 11.6 Å². The zero-order chi connectivity index (χ0) is 13.4. The van der Waals surface area contributed by atoms with Crippen molar-refractivity contribution in [2.75, 3.05) is 0 Å². The van der Waals surface area contributed by atoms with Crippen molar-refractivity contribution in [2.24, 2.45) is 0 Å². The Balaban J connectivity index is 2.09. The van der Waals surface area contributed by atoms with Crippen LogP contribution in [0.2, 0.25) is 0 Å². The summed E-state index contributed by atoms with van der Waals surface area (Å²) in [5.41, 5.74) is 1.41. The third kappa shape index (κ3) is 2.01. The molecular weight excluding hydrogens is 248 g/mol. The fourth-order valence-corrected chi connectivity index (χ4v) is 2.02. The molecule has 4 heteroatoms. The van der Waals surface area contributed by atoms with Gasteiger partial charge in [0.25, 0.3) is 0 Å². The van der Waals surface area contributed by atoms with Gasteiger partial charge in [-0.25, -0.2) is 8.78 Å². The van der Waals surface area contributed by atoms with Crippen LogP contribution in [-0.2, 0) is 0 Å². The molecule has 0 aliphatic carbocycles. The van der Waals surface area contributed by atoms with Crippen molar-refractivity contribution in [3.8, 4) is 0 Å². The highest BCUT2D eigenvalue weighted by Gasteiger charge is 2.13. The lowest BCUT2D eigenvalue weighted by molar-refractivity contribution is 0.103. The first-order valence-electron chi connectivity index (χ1n) is 5.72. The van der Waals surface area contributed by atoms with Gasteiger partial charge in [-0.15, -0.1) is 0 Å². The zero-order valence-corrected chi connectivity index (χ0v) is 9.81. The van der Waals surface area contributed by atoms with E-state index < -0.39 is 5.82 Å². The number of nitrogens with zero attached hydrogens (tertiary/aromatic N) is 1. The Morgan fingerprint density at radius 3 is 2.37 bits per heavy atom. The topological polar surface area (TPSA) is 21.5 Å². The van der Waals surface area contributed by atoms with Crippen molar-refractivity contribution in [3.63, 3.8) is 0 Å². The highest BCUT2D eigenvalue weighted by Crippen LogP contribution is 2.16. The molecule has 94 valence electrons. The normalized spacial score (nSPS) is 10.8. The molecule has 2 nitrogen and oxygen atoms in total. The Hall–Kier alpha value is -2.49. The maximum atomic E-state index is 13.1. The van der Waals surface area contributed by atoms with E-state index in [1.807, 2.05) is 0 Å². The molecular formula is C15H9F2NO. The first kappa shape index (κ1) is 11.6. The van der Waals surface area contributed by atoms with Gasteiger partial charge in [0.05, 0.1) is 5.69 Å². The molecule has 0 N–H and O–H groups in total. The van der Waals surface area contributed by atoms with E-state index in [4.69, 9.17) is 0 Å². The number of carbonyl (C=O) groups is 1. The predicted molar refractivity (Wildman–Crippen MR) is 67.2 cm³/mol. The maximum absolute atomic E-state index is 13.1. The molecule has 0 saturated carbocycles. The standard InChI is InChI=1S/C15H9F2NO/c16-11-3-1-10(2-4-11)15(19)14-6-5-13-9-12(17)7-8-18(13)14/h1-9H. The summed E-state index contributed by atoms with van der Waals surface area (Å²) in [5.74, 6) is -0.975. The molecule has 1 aromatic carbocycles. The average Bonchev–Trinajstić information content (AvgIpc) is 2.81. The molecule has 3 rings (SSSR count). The van der Waals surface area contributed by atoms with Crippen LogP contribution in [0.15, 0.2) is 54.7 Å². The van der Waals surface area contributed by atoms with Gasteiger partial charge in [0.2, 0.25) is 5.78 Å². The van der Waals surface area contributed by atoms with Gasteiger partial charge >= 0.3 is 0 Å². The quantitative estimate of drug-likeness (QED) is 0.644. The van der Waals surface area contributed by atoms with Gasteiger partial charge in [-0.2, -0.15) is 0 Å². The van der Waals surface area contributed by atoms with E-state index in [1.54, 1.807) is 16.5 Å². The maximum Gasteiger partial charge on any atom is 0.209 e. The van der Waals surface area contributed by atoms with E-state index in [0.717, 1.165) is 0 Å². The molecule has 0 fully saturated rings. The van der Waals surface area contributed by atoms with Crippen molar-refractivity contribution >= 4 is 11.3 Å². The molecule has 2 heterocycles. The number of hydrogen-bond donors (Lipinski definition) is 0. The molecule has 0 saturated heterocycles. The number of benzene rings is 1. The number of hydrogen-bond acceptors (Lipinski definition) is 1. The van der Waals surface area contributed by atoms with Crippen molar-refractivity contribution in [1.29, 1.82) is 0 Å². The summed E-state index contributed by atoms with van der Waals surface area (Å²) in [6.07, 6.45) is 1.50. The molecule has 0 radical (unpaired) electrons. The average molecular weight is 257 g/mol. The van der Waals surface area contributed by atoms with Gasteiger partial charge in [0.15, 0.2) is 0 Å². The summed E-state index contributed by atoms with van der Waals surface area (Å²) >= 11 is 0. The van der Waals surface area contributed by atoms with Crippen molar-refractivity contribution in [2.45, 2.75) is 0 Å². The predicted octanol–water partition coefficient (Wildman–Crippen LogP) is 3.45. The number of carbonyl (C=O) groups excluding carboxylic acids is 1. The molecule has 0 atom stereocenters. The fourth-order valence-electron chi connectivity index (χ4n) is 2.02. The van der Waals surface area contributed by atoms with Crippen LogP contribution < -0.4 is 0 Å². The second-order valence-electron chi connectivity index (χ2n) is 4.19. The number of rotatable bonds is 2. The second kappa shape index (κ2) is 4.31. The van der Waals surface area contributed by atoms with E-state index in [2.05, 4.69) is 0 Å². The van der Waals surface area contributed by atoms with Crippen LogP contribution in [0.4, 0.5) is 8.78 Å². The molecule has 0 spiro atoms. The highest BCUT2D eigenvalue weighted by molar-refractivity contribution is 6.08. The lowest BCUT2D eigenvalue weighted by atomic mass is 10.1. The largest absolute Gasteiger partial charge is 0.313 e. The van der Waals surface area contributed by atoms with Crippen molar-refractivity contribution in [1.82, 2.24) is 4.40 Å². The Kier molecular flexibility index (Phi) is 2.63. The van der Waals surface area contributed by atoms with Gasteiger partial charge in [-0.05, 0) is 48.5 Å². The number of pyridine rings is 1. The summed E-state index contributed by atoms with van der Waals surface area (Å²) in [6.45, 7) is 0. The Labute approximate surface area is 107 Å². The minimum absolute atomic E-state index is 0.230. The first-order chi connectivity index (χ1) is 9.15. The molecule has 19 heavy (non-hydrogen) atoms. The van der Waals surface area contributed by atoms with Gasteiger partial charge in [0.1, 0.15) is 11.6 Å². The highest BCUT2D eigenvalue weighted by atomic mass is 19.1. The van der Waals surface area contributed by atoms with Crippen molar-refractivity contribution < 1.29 is 13.6 Å². The van der Waals surface area contributed by atoms with Gasteiger partial charge in [0, 0.05) is 17.3 Å². The third-order valence-electron chi connectivity index (χ3n) is 2.96. The first-order valence-corrected chi connectivity index (χ1v) is 5.72. The lowest BCUT2D eigenvalue weighted by Gasteiger charge is -2.02. The van der Waals surface area contributed by atoms with Crippen LogP contribution in [0.25, 0.3) is 5.52 Å². The number of ketones is 1. The smallest absolute Gasteiger partial charge is 0.209 e. The van der Waals surface area contributed by atoms with Gasteiger partial charge < -0.3 is 4.40 Å². The Morgan fingerprint density at radius 1 is 0.895 bits per heavy atom. The molecule has 0 aliphatic heterocycles. The Bertz CT molecular complexity index is 759. The fraction of sp³-hybridized carbons (Fsp3) is 0. The second-order valence-corrected chi connectivity index (χ2v) is 4.19. The molecule has 2 aromatic heterocycles. The van der Waals surface area contributed by atoms with E-state index in [0.29, 0.717) is 16.8 Å². The summed E-state index contributed by atoms with van der Waals surface area (Å²) < 4.78 is 27.5. The molecule has 0 unspecified atom stereocenters. The molecule has 3 aromatic rings. The monoisotopic (exact) mass is 257 g/mol. The van der Waals surface area contributed by atoms with Gasteiger partial charge in [-0.1, -0.05) is 0 Å². The molecule has 0 bridgehead atoms. The summed E-state index contributed by atoms with van der Waals surface area (Å²) in [6, 6.07) is 11.3. The summed E-state index contributed by atoms with van der Waals surface area (Å²) in [5, 5.41) is 0. The van der Waals surface area contributed by atoms with Crippen molar-refractivity contribution in [3.05, 3.63) is 77.6 Å². The van der Waals surface area contributed by atoms with Crippen LogP contribution >= 0.6 is 0 Å². The summed E-state index contributed by atoms with van der Waals surface area (Å²) in [7, 11) is 0. The van der Waals surface area contributed by atoms with E-state index in [1.165, 1.54) is 42.6 Å². The van der Waals surface area contributed by atoms with Crippen LogP contribution in [0.3, 0.4) is 0 Å². The molecule has 0 aliphatic rings. The number of fused-ring (bicyclic) bond motifs is 1. The Morgan fingerprint density at radius 2 is 1.63 bits per heavy atom. The van der Waals surface area contributed by atoms with Crippen LogP contribution in [0.5, 0.6) is 0 Å². The van der Waals surface area contributed by atoms with Gasteiger partial charge in [-0.3, -0.25) is 4.79 Å². The summed E-state index contributed by atoms with van der Waals surface area (Å²) in [4.78, 5) is 12.3. The molecule has 0 amide bonds. The lowest BCUT2D eigenvalue weighted by Crippen LogP contribution is -2.05.